The van der Waals surface area contributed by atoms with Crippen LogP contribution in [0.1, 0.15) is 36.8 Å². The smallest absolute Gasteiger partial charge is 0.221 e. The minimum Gasteiger partial charge on any atom is -0.292 e. The maximum Gasteiger partial charge on any atom is 0.221 e. The molecule has 1 heterocycles. The van der Waals surface area contributed by atoms with Crippen molar-refractivity contribution in [3.8, 4) is 0 Å². The van der Waals surface area contributed by atoms with E-state index in [9.17, 15) is 4.79 Å². The van der Waals surface area contributed by atoms with Gasteiger partial charge in [-0.1, -0.05) is 30.7 Å². The Hall–Kier alpha value is -1.35. The lowest BCUT2D eigenvalue weighted by Gasteiger charge is -2.24. The van der Waals surface area contributed by atoms with Crippen molar-refractivity contribution in [3.05, 3.63) is 35.4 Å². The van der Waals surface area contributed by atoms with Crippen molar-refractivity contribution >= 4 is 6.41 Å². The number of benzene rings is 1. The number of hydrazine groups is 1. The molecule has 1 aromatic carbocycles. The predicted molar refractivity (Wildman–Crippen MR) is 73.1 cm³/mol. The van der Waals surface area contributed by atoms with Crippen LogP contribution in [0.5, 0.6) is 0 Å². The first-order valence-electron chi connectivity index (χ1n) is 6.91. The molecule has 0 unspecified atom stereocenters. The normalized spacial score (nSPS) is 18.4. The van der Waals surface area contributed by atoms with Gasteiger partial charge >= 0.3 is 0 Å². The third kappa shape index (κ3) is 3.84. The third-order valence-electron chi connectivity index (χ3n) is 3.60. The number of carbonyl (C=O) groups excluding carboxylic acids is 1. The molecule has 0 spiro atoms. The molecule has 0 aromatic heterocycles. The summed E-state index contributed by atoms with van der Waals surface area (Å²) in [4.78, 5) is 9.92. The minimum absolute atomic E-state index is 0.741. The largest absolute Gasteiger partial charge is 0.292 e. The highest BCUT2D eigenvalue weighted by Gasteiger charge is 2.07. The van der Waals surface area contributed by atoms with Crippen molar-refractivity contribution in [3.63, 3.8) is 0 Å². The van der Waals surface area contributed by atoms with Gasteiger partial charge in [0, 0.05) is 13.1 Å². The molecule has 1 amide bonds. The van der Waals surface area contributed by atoms with Crippen molar-refractivity contribution in [1.82, 2.24) is 10.4 Å². The van der Waals surface area contributed by atoms with Crippen LogP contribution in [0.15, 0.2) is 24.3 Å². The van der Waals surface area contributed by atoms with Gasteiger partial charge in [-0.05, 0) is 43.2 Å². The SMILES string of the molecule is O=CNN1CCCCC1.c1ccc2c(c1)CCC2. The molecule has 1 aliphatic heterocycles. The minimum atomic E-state index is 0.741. The number of rotatable bonds is 2. The van der Waals surface area contributed by atoms with Crippen LogP contribution in [0, 0.1) is 0 Å². The fourth-order valence-corrected chi connectivity index (χ4v) is 2.61. The van der Waals surface area contributed by atoms with Crippen LogP contribution in [0.25, 0.3) is 0 Å². The Bertz CT molecular complexity index is 350. The highest BCUT2D eigenvalue weighted by molar-refractivity contribution is 5.44. The number of aryl methyl sites for hydroxylation is 2. The molecule has 1 aliphatic carbocycles. The number of piperidine rings is 1. The molecule has 1 saturated heterocycles. The van der Waals surface area contributed by atoms with Gasteiger partial charge in [-0.3, -0.25) is 10.2 Å². The van der Waals surface area contributed by atoms with Gasteiger partial charge < -0.3 is 0 Å². The van der Waals surface area contributed by atoms with E-state index in [1.54, 1.807) is 11.1 Å². The summed E-state index contributed by atoms with van der Waals surface area (Å²) in [5, 5.41) is 1.95. The second kappa shape index (κ2) is 7.17. The lowest BCUT2D eigenvalue weighted by Crippen LogP contribution is -2.40. The van der Waals surface area contributed by atoms with Crippen LogP contribution >= 0.6 is 0 Å². The van der Waals surface area contributed by atoms with E-state index >= 15 is 0 Å². The molecule has 98 valence electrons. The Kier molecular flexibility index (Phi) is 5.21. The average molecular weight is 246 g/mol. The van der Waals surface area contributed by atoms with Gasteiger partial charge in [-0.2, -0.15) is 0 Å². The number of hydrogen-bond donors (Lipinski definition) is 1. The Balaban J connectivity index is 0.000000134. The fraction of sp³-hybridized carbons (Fsp3) is 0.533. The van der Waals surface area contributed by atoms with Crippen molar-refractivity contribution in [1.29, 1.82) is 0 Å². The molecular formula is C15H22N2O. The van der Waals surface area contributed by atoms with E-state index in [0.717, 1.165) is 19.5 Å². The summed E-state index contributed by atoms with van der Waals surface area (Å²) in [5.41, 5.74) is 5.77. The number of hydrogen-bond acceptors (Lipinski definition) is 2. The molecule has 2 aliphatic rings. The zero-order chi connectivity index (χ0) is 12.6. The van der Waals surface area contributed by atoms with Gasteiger partial charge in [0.05, 0.1) is 0 Å². The van der Waals surface area contributed by atoms with Crippen molar-refractivity contribution in [2.45, 2.75) is 38.5 Å². The summed E-state index contributed by atoms with van der Waals surface area (Å²) in [6.07, 6.45) is 8.43. The number of nitrogens with zero attached hydrogens (tertiary/aromatic N) is 1. The van der Waals surface area contributed by atoms with E-state index in [4.69, 9.17) is 0 Å². The Morgan fingerprint density at radius 3 is 2.11 bits per heavy atom. The topological polar surface area (TPSA) is 32.3 Å². The lowest BCUT2D eigenvalue weighted by molar-refractivity contribution is -0.114. The summed E-state index contributed by atoms with van der Waals surface area (Å²) in [6, 6.07) is 8.74. The van der Waals surface area contributed by atoms with Gasteiger partial charge in [0.2, 0.25) is 6.41 Å². The lowest BCUT2D eigenvalue weighted by atomic mass is 10.1. The molecule has 3 rings (SSSR count). The van der Waals surface area contributed by atoms with E-state index < -0.39 is 0 Å². The highest BCUT2D eigenvalue weighted by Crippen LogP contribution is 2.20. The van der Waals surface area contributed by atoms with Crippen LogP contribution in [0.4, 0.5) is 0 Å². The Morgan fingerprint density at radius 2 is 1.56 bits per heavy atom. The summed E-state index contributed by atoms with van der Waals surface area (Å²) >= 11 is 0. The molecule has 1 N–H and O–H groups in total. The first kappa shape index (κ1) is 13.1. The van der Waals surface area contributed by atoms with Gasteiger partial charge in [-0.25, -0.2) is 5.01 Å². The quantitative estimate of drug-likeness (QED) is 0.812. The Labute approximate surface area is 109 Å². The molecule has 0 saturated carbocycles. The maximum absolute atomic E-state index is 9.92. The summed E-state index contributed by atoms with van der Waals surface area (Å²) in [7, 11) is 0. The molecule has 0 bridgehead atoms. The van der Waals surface area contributed by atoms with Crippen LogP contribution in [-0.2, 0) is 17.6 Å². The van der Waals surface area contributed by atoms with Crippen LogP contribution in [0.2, 0.25) is 0 Å². The third-order valence-corrected chi connectivity index (χ3v) is 3.60. The van der Waals surface area contributed by atoms with E-state index in [1.165, 1.54) is 38.5 Å². The van der Waals surface area contributed by atoms with E-state index in [0.29, 0.717) is 0 Å². The molecule has 1 fully saturated rings. The fourth-order valence-electron chi connectivity index (χ4n) is 2.61. The number of fused-ring (bicyclic) bond motifs is 1. The first-order chi connectivity index (χ1) is 8.90. The number of nitrogens with one attached hydrogen (secondary N) is 1. The van der Waals surface area contributed by atoms with E-state index in [1.807, 2.05) is 5.01 Å². The molecule has 0 radical (unpaired) electrons. The van der Waals surface area contributed by atoms with Crippen molar-refractivity contribution in [2.24, 2.45) is 0 Å². The predicted octanol–water partition coefficient (Wildman–Crippen LogP) is 2.31. The molecular weight excluding hydrogens is 224 g/mol. The number of carbonyl (C=O) groups is 1. The summed E-state index contributed by atoms with van der Waals surface area (Å²) < 4.78 is 0. The molecule has 18 heavy (non-hydrogen) atoms. The standard InChI is InChI=1S/C9H10.C6H12N2O/c1-2-5-9-7-3-6-8(9)4-1;9-6-7-8-4-2-1-3-5-8/h1-2,4-5H,3,6-7H2;6H,1-5H2,(H,7,9). The second-order valence-electron chi connectivity index (χ2n) is 4.92. The van der Waals surface area contributed by atoms with E-state index in [2.05, 4.69) is 29.7 Å². The van der Waals surface area contributed by atoms with Gasteiger partial charge in [0.1, 0.15) is 0 Å². The van der Waals surface area contributed by atoms with Crippen LogP contribution in [0.3, 0.4) is 0 Å². The molecule has 1 aromatic rings. The van der Waals surface area contributed by atoms with Gasteiger partial charge in [0.15, 0.2) is 0 Å². The van der Waals surface area contributed by atoms with Crippen molar-refractivity contribution < 1.29 is 4.79 Å². The van der Waals surface area contributed by atoms with Crippen LogP contribution in [-0.4, -0.2) is 24.5 Å². The van der Waals surface area contributed by atoms with Gasteiger partial charge in [0.25, 0.3) is 0 Å². The summed E-state index contributed by atoms with van der Waals surface area (Å²) in [5.74, 6) is 0. The maximum atomic E-state index is 9.92. The number of amides is 1. The average Bonchev–Trinajstić information content (AvgIpc) is 2.89. The molecule has 0 atom stereocenters. The zero-order valence-electron chi connectivity index (χ0n) is 10.9. The Morgan fingerprint density at radius 1 is 0.944 bits per heavy atom. The van der Waals surface area contributed by atoms with Crippen molar-refractivity contribution in [2.75, 3.05) is 13.1 Å². The monoisotopic (exact) mass is 246 g/mol. The molecule has 3 heteroatoms. The van der Waals surface area contributed by atoms with Gasteiger partial charge in [-0.15, -0.1) is 0 Å². The second-order valence-corrected chi connectivity index (χ2v) is 4.92. The van der Waals surface area contributed by atoms with E-state index in [-0.39, 0.29) is 0 Å². The molecule has 3 nitrogen and oxygen atoms in total. The van der Waals surface area contributed by atoms with Crippen LogP contribution < -0.4 is 5.43 Å². The first-order valence-corrected chi connectivity index (χ1v) is 6.91. The zero-order valence-corrected chi connectivity index (χ0v) is 10.9. The summed E-state index contributed by atoms with van der Waals surface area (Å²) in [6.45, 7) is 2.03. The highest BCUT2D eigenvalue weighted by atomic mass is 16.1.